The Kier molecular flexibility index (Phi) is 4.53. The molecule has 6 heteroatoms. The van der Waals surface area contributed by atoms with Crippen LogP contribution in [-0.4, -0.2) is 26.8 Å². The van der Waals surface area contributed by atoms with E-state index in [2.05, 4.69) is 15.3 Å². The van der Waals surface area contributed by atoms with Gasteiger partial charge in [0.25, 0.3) is 5.56 Å². The summed E-state index contributed by atoms with van der Waals surface area (Å²) in [5, 5.41) is 3.74. The third kappa shape index (κ3) is 3.64. The number of nitrogens with zero attached hydrogens (tertiary/aromatic N) is 2. The Labute approximate surface area is 155 Å². The molecule has 3 aromatic heterocycles. The topological polar surface area (TPSA) is 79.3 Å². The second-order valence-corrected chi connectivity index (χ2v) is 6.19. The number of nitrogens with one attached hydrogen (secondary N) is 2. The van der Waals surface area contributed by atoms with E-state index < -0.39 is 0 Å². The minimum Gasteiger partial charge on any atom is -0.352 e. The predicted molar refractivity (Wildman–Crippen MR) is 106 cm³/mol. The Bertz CT molecular complexity index is 1200. The van der Waals surface area contributed by atoms with Crippen LogP contribution >= 0.6 is 0 Å². The number of imidazole rings is 1. The molecule has 0 aliphatic carbocycles. The van der Waals surface area contributed by atoms with Gasteiger partial charge in [0.15, 0.2) is 0 Å². The minimum atomic E-state index is -0.247. The molecule has 0 saturated heterocycles. The van der Waals surface area contributed by atoms with Gasteiger partial charge in [-0.2, -0.15) is 0 Å². The molecule has 0 bridgehead atoms. The zero-order chi connectivity index (χ0) is 18.6. The summed E-state index contributed by atoms with van der Waals surface area (Å²) in [7, 11) is 0. The lowest BCUT2D eigenvalue weighted by molar-refractivity contribution is -0.116. The quantitative estimate of drug-likeness (QED) is 0.538. The summed E-state index contributed by atoms with van der Waals surface area (Å²) in [6.45, 7) is 0.464. The van der Waals surface area contributed by atoms with E-state index in [4.69, 9.17) is 0 Å². The van der Waals surface area contributed by atoms with E-state index >= 15 is 0 Å². The van der Waals surface area contributed by atoms with E-state index in [0.29, 0.717) is 18.5 Å². The average Bonchev–Trinajstić information content (AvgIpc) is 3.09. The molecule has 27 heavy (non-hydrogen) atoms. The van der Waals surface area contributed by atoms with Gasteiger partial charge in [-0.05, 0) is 35.7 Å². The van der Waals surface area contributed by atoms with Crippen molar-refractivity contribution >= 4 is 28.4 Å². The molecule has 0 radical (unpaired) electrons. The molecule has 0 atom stereocenters. The van der Waals surface area contributed by atoms with Crippen molar-refractivity contribution in [3.8, 4) is 0 Å². The number of carbonyl (C=O) groups excluding carboxylic acids is 1. The van der Waals surface area contributed by atoms with Crippen molar-refractivity contribution < 1.29 is 4.79 Å². The highest BCUT2D eigenvalue weighted by Gasteiger charge is 2.04. The Morgan fingerprint density at radius 2 is 2.04 bits per heavy atom. The zero-order valence-electron chi connectivity index (χ0n) is 14.6. The number of hydrogen-bond donors (Lipinski definition) is 2. The van der Waals surface area contributed by atoms with Crippen LogP contribution in [0, 0.1) is 0 Å². The fraction of sp³-hybridized carbons (Fsp3) is 0.0952. The van der Waals surface area contributed by atoms with Crippen LogP contribution in [0.25, 0.3) is 22.5 Å². The number of pyridine rings is 2. The number of H-pyrrole nitrogens is 1. The van der Waals surface area contributed by atoms with Gasteiger partial charge >= 0.3 is 0 Å². The van der Waals surface area contributed by atoms with E-state index in [1.807, 2.05) is 59.3 Å². The highest BCUT2D eigenvalue weighted by Crippen LogP contribution is 2.10. The minimum absolute atomic E-state index is 0.221. The molecule has 4 aromatic rings. The molecule has 2 N–H and O–H groups in total. The van der Waals surface area contributed by atoms with Gasteiger partial charge in [-0.15, -0.1) is 0 Å². The van der Waals surface area contributed by atoms with Crippen LogP contribution in [0.4, 0.5) is 0 Å². The third-order valence-corrected chi connectivity index (χ3v) is 4.36. The number of fused-ring (bicyclic) bond motifs is 2. The first-order chi connectivity index (χ1) is 13.2. The molecular weight excluding hydrogens is 340 g/mol. The number of para-hydroxylation sites is 1. The molecule has 0 aliphatic heterocycles. The number of rotatable bonds is 5. The lowest BCUT2D eigenvalue weighted by Crippen LogP contribution is -2.24. The number of amides is 1. The van der Waals surface area contributed by atoms with Gasteiger partial charge in [0.2, 0.25) is 5.91 Å². The first kappa shape index (κ1) is 16.8. The highest BCUT2D eigenvalue weighted by molar-refractivity contribution is 5.92. The van der Waals surface area contributed by atoms with Gasteiger partial charge in [-0.3, -0.25) is 9.59 Å². The molecule has 6 nitrogen and oxygen atoms in total. The molecule has 0 spiro atoms. The van der Waals surface area contributed by atoms with Crippen LogP contribution in [0.1, 0.15) is 11.4 Å². The van der Waals surface area contributed by atoms with Crippen molar-refractivity contribution in [3.63, 3.8) is 0 Å². The molecule has 1 aromatic carbocycles. The highest BCUT2D eigenvalue weighted by atomic mass is 16.1. The summed E-state index contributed by atoms with van der Waals surface area (Å²) in [6.07, 6.45) is 7.29. The molecule has 0 unspecified atom stereocenters. The molecule has 1 amide bonds. The first-order valence-electron chi connectivity index (χ1n) is 8.70. The third-order valence-electron chi connectivity index (χ3n) is 4.36. The van der Waals surface area contributed by atoms with Crippen molar-refractivity contribution in [2.45, 2.75) is 6.42 Å². The van der Waals surface area contributed by atoms with Crippen LogP contribution in [0.5, 0.6) is 0 Å². The van der Waals surface area contributed by atoms with Gasteiger partial charge in [0, 0.05) is 36.3 Å². The SMILES string of the molecule is O=C(/C=C/c1cc2ccccc2[nH]c1=O)NCCc1ncc2ccccn12. The summed E-state index contributed by atoms with van der Waals surface area (Å²) in [6, 6.07) is 15.2. The summed E-state index contributed by atoms with van der Waals surface area (Å²) < 4.78 is 2.00. The fourth-order valence-corrected chi connectivity index (χ4v) is 2.99. The molecule has 4 rings (SSSR count). The van der Waals surface area contributed by atoms with E-state index in [0.717, 1.165) is 22.2 Å². The normalized spacial score (nSPS) is 11.4. The Morgan fingerprint density at radius 3 is 2.96 bits per heavy atom. The number of aromatic nitrogens is 3. The lowest BCUT2D eigenvalue weighted by atomic mass is 10.1. The first-order valence-corrected chi connectivity index (χ1v) is 8.70. The van der Waals surface area contributed by atoms with Gasteiger partial charge in [-0.25, -0.2) is 4.98 Å². The lowest BCUT2D eigenvalue weighted by Gasteiger charge is -2.03. The van der Waals surface area contributed by atoms with Crippen LogP contribution in [0.2, 0.25) is 0 Å². The second-order valence-electron chi connectivity index (χ2n) is 6.19. The smallest absolute Gasteiger partial charge is 0.255 e. The maximum Gasteiger partial charge on any atom is 0.255 e. The number of benzene rings is 1. The number of carbonyl (C=O) groups is 1. The van der Waals surface area contributed by atoms with Crippen molar-refractivity contribution in [2.75, 3.05) is 6.54 Å². The summed E-state index contributed by atoms with van der Waals surface area (Å²) >= 11 is 0. The van der Waals surface area contributed by atoms with Gasteiger partial charge in [-0.1, -0.05) is 24.3 Å². The van der Waals surface area contributed by atoms with Crippen molar-refractivity contribution in [1.29, 1.82) is 0 Å². The Balaban J connectivity index is 1.39. The molecule has 134 valence electrons. The monoisotopic (exact) mass is 358 g/mol. The van der Waals surface area contributed by atoms with E-state index in [9.17, 15) is 9.59 Å². The second kappa shape index (κ2) is 7.29. The van der Waals surface area contributed by atoms with Crippen molar-refractivity contribution in [3.05, 3.63) is 88.7 Å². The van der Waals surface area contributed by atoms with Crippen LogP contribution in [-0.2, 0) is 11.2 Å². The number of aromatic amines is 1. The van der Waals surface area contributed by atoms with E-state index in [1.165, 1.54) is 12.2 Å². The van der Waals surface area contributed by atoms with Crippen LogP contribution in [0.3, 0.4) is 0 Å². The Morgan fingerprint density at radius 1 is 1.19 bits per heavy atom. The van der Waals surface area contributed by atoms with Crippen molar-refractivity contribution in [2.24, 2.45) is 0 Å². The van der Waals surface area contributed by atoms with E-state index in [1.54, 1.807) is 6.07 Å². The van der Waals surface area contributed by atoms with Crippen molar-refractivity contribution in [1.82, 2.24) is 19.7 Å². The fourth-order valence-electron chi connectivity index (χ4n) is 2.99. The van der Waals surface area contributed by atoms with Gasteiger partial charge in [0.05, 0.1) is 11.7 Å². The molecule has 0 aliphatic rings. The Hall–Kier alpha value is -3.67. The average molecular weight is 358 g/mol. The molecule has 3 heterocycles. The summed E-state index contributed by atoms with van der Waals surface area (Å²) in [4.78, 5) is 31.3. The molecule has 0 fully saturated rings. The van der Waals surface area contributed by atoms with Gasteiger partial charge < -0.3 is 14.7 Å². The largest absolute Gasteiger partial charge is 0.352 e. The summed E-state index contributed by atoms with van der Waals surface area (Å²) in [5.74, 6) is 0.643. The zero-order valence-corrected chi connectivity index (χ0v) is 14.6. The van der Waals surface area contributed by atoms with Crippen LogP contribution < -0.4 is 10.9 Å². The predicted octanol–water partition coefficient (Wildman–Crippen LogP) is 2.55. The standard InChI is InChI=1S/C21H18N4O2/c26-20(22-11-10-19-23-14-17-6-3-4-12-25(17)19)9-8-16-13-15-5-1-2-7-18(15)24-21(16)27/h1-9,12-14H,10-11H2,(H,22,26)(H,24,27)/b9-8+. The van der Waals surface area contributed by atoms with Crippen LogP contribution in [0.15, 0.2) is 71.8 Å². The maximum atomic E-state index is 12.1. The van der Waals surface area contributed by atoms with Gasteiger partial charge in [0.1, 0.15) is 5.82 Å². The molecule has 0 saturated carbocycles. The number of hydrogen-bond acceptors (Lipinski definition) is 3. The summed E-state index contributed by atoms with van der Waals surface area (Å²) in [5.41, 5.74) is 2.02. The van der Waals surface area contributed by atoms with E-state index in [-0.39, 0.29) is 11.5 Å². The molecular formula is C21H18N4O2. The maximum absolute atomic E-state index is 12.1.